The van der Waals surface area contributed by atoms with Crippen LogP contribution < -0.4 is 9.64 Å². The average Bonchev–Trinajstić information content (AvgIpc) is 2.98. The Morgan fingerprint density at radius 3 is 2.76 bits per heavy atom. The van der Waals surface area contributed by atoms with Crippen LogP contribution in [-0.2, 0) is 16.6 Å². The summed E-state index contributed by atoms with van der Waals surface area (Å²) in [6.07, 6.45) is 7.54. The van der Waals surface area contributed by atoms with E-state index in [9.17, 15) is 0 Å². The minimum Gasteiger partial charge on any atom is -0.490 e. The van der Waals surface area contributed by atoms with Crippen LogP contribution in [-0.4, -0.2) is 32.9 Å². The van der Waals surface area contributed by atoms with Crippen molar-refractivity contribution in [3.63, 3.8) is 0 Å². The van der Waals surface area contributed by atoms with Crippen LogP contribution in [0, 0.1) is 11.8 Å². The summed E-state index contributed by atoms with van der Waals surface area (Å²) < 4.78 is 13.5. The minimum atomic E-state index is -0.0528. The van der Waals surface area contributed by atoms with Crippen molar-refractivity contribution in [1.82, 2.24) is 0 Å². The van der Waals surface area contributed by atoms with Crippen LogP contribution in [0.15, 0.2) is 53.5 Å². The lowest BCUT2D eigenvalue weighted by Crippen LogP contribution is -2.47. The second kappa shape index (κ2) is 11.1. The van der Waals surface area contributed by atoms with E-state index in [0.29, 0.717) is 18.4 Å². The molecule has 4 atom stereocenters. The standard InChI is InChI=1S/C29H37BrClNO2/c1-5-20(24(6-2)27(7-3)33-4)17-32-18-29(19-34-28-13-10-22(30)16-26(28)32)14-8-9-21-15-23(31)11-12-25(21)29/h7,10-13,15-16,20,24,27H,3,5-6,8-9,14,17-19H2,1-2,4H3/t20-,24+,27-,29-/m0/s1. The van der Waals surface area contributed by atoms with Gasteiger partial charge in [-0.05, 0) is 72.6 Å². The van der Waals surface area contributed by atoms with Gasteiger partial charge in [-0.2, -0.15) is 0 Å². The van der Waals surface area contributed by atoms with E-state index in [1.165, 1.54) is 16.8 Å². The number of methoxy groups -OCH3 is 1. The molecule has 1 aliphatic carbocycles. The molecule has 4 rings (SSSR count). The number of anilines is 1. The average molecular weight is 547 g/mol. The van der Waals surface area contributed by atoms with E-state index in [1.807, 2.05) is 12.1 Å². The number of fused-ring (bicyclic) bond motifs is 3. The zero-order valence-electron chi connectivity index (χ0n) is 20.7. The Hall–Kier alpha value is -1.49. The molecule has 2 aromatic carbocycles. The minimum absolute atomic E-state index is 0.0528. The Bertz CT molecular complexity index is 1010. The van der Waals surface area contributed by atoms with Crippen molar-refractivity contribution in [2.24, 2.45) is 11.8 Å². The summed E-state index contributed by atoms with van der Waals surface area (Å²) in [5.74, 6) is 1.86. The molecular formula is C29H37BrClNO2. The normalized spacial score (nSPS) is 22.2. The number of hydrogen-bond donors (Lipinski definition) is 0. The molecule has 184 valence electrons. The highest BCUT2D eigenvalue weighted by Crippen LogP contribution is 2.45. The fourth-order valence-electron chi connectivity index (χ4n) is 6.22. The van der Waals surface area contributed by atoms with Gasteiger partial charge in [-0.15, -0.1) is 6.58 Å². The van der Waals surface area contributed by atoms with Gasteiger partial charge in [0.2, 0.25) is 0 Å². The molecule has 0 fully saturated rings. The molecule has 5 heteroatoms. The van der Waals surface area contributed by atoms with Crippen LogP contribution in [0.2, 0.25) is 5.02 Å². The maximum Gasteiger partial charge on any atom is 0.142 e. The van der Waals surface area contributed by atoms with Crippen molar-refractivity contribution in [3.05, 3.63) is 69.7 Å². The Labute approximate surface area is 218 Å². The lowest BCUT2D eigenvalue weighted by molar-refractivity contribution is 0.0590. The van der Waals surface area contributed by atoms with Gasteiger partial charge >= 0.3 is 0 Å². The number of halogens is 2. The Kier molecular flexibility index (Phi) is 8.32. The predicted molar refractivity (Wildman–Crippen MR) is 146 cm³/mol. The van der Waals surface area contributed by atoms with Gasteiger partial charge in [0.05, 0.1) is 18.4 Å². The number of nitrogens with zero attached hydrogens (tertiary/aromatic N) is 1. The van der Waals surface area contributed by atoms with Gasteiger partial charge in [0, 0.05) is 35.1 Å². The Balaban J connectivity index is 1.75. The molecule has 0 N–H and O–H groups in total. The topological polar surface area (TPSA) is 21.7 Å². The number of benzene rings is 2. The third-order valence-corrected chi connectivity index (χ3v) is 8.71. The van der Waals surface area contributed by atoms with Crippen molar-refractivity contribution in [2.45, 2.75) is 57.5 Å². The van der Waals surface area contributed by atoms with Crippen LogP contribution in [0.4, 0.5) is 5.69 Å². The first-order chi connectivity index (χ1) is 16.4. The molecule has 2 aliphatic rings. The van der Waals surface area contributed by atoms with Gasteiger partial charge in [0.25, 0.3) is 0 Å². The second-order valence-corrected chi connectivity index (χ2v) is 11.2. The highest BCUT2D eigenvalue weighted by molar-refractivity contribution is 9.10. The predicted octanol–water partition coefficient (Wildman–Crippen LogP) is 7.83. The monoisotopic (exact) mass is 545 g/mol. The summed E-state index contributed by atoms with van der Waals surface area (Å²) in [6, 6.07) is 12.9. The molecule has 1 aliphatic heterocycles. The van der Waals surface area contributed by atoms with Gasteiger partial charge in [0.15, 0.2) is 0 Å². The molecule has 1 spiro atoms. The summed E-state index contributed by atoms with van der Waals surface area (Å²) in [5.41, 5.74) is 3.90. The quantitative estimate of drug-likeness (QED) is 0.315. The molecule has 1 heterocycles. The summed E-state index contributed by atoms with van der Waals surface area (Å²) in [6.45, 7) is 11.2. The van der Waals surface area contributed by atoms with Gasteiger partial charge < -0.3 is 14.4 Å². The van der Waals surface area contributed by atoms with Crippen molar-refractivity contribution >= 4 is 33.2 Å². The lowest BCUT2D eigenvalue weighted by atomic mass is 9.70. The molecule has 0 saturated carbocycles. The van der Waals surface area contributed by atoms with E-state index in [2.05, 4.69) is 71.6 Å². The second-order valence-electron chi connectivity index (χ2n) is 9.89. The van der Waals surface area contributed by atoms with E-state index in [1.54, 1.807) is 7.11 Å². The maximum absolute atomic E-state index is 6.57. The third-order valence-electron chi connectivity index (χ3n) is 7.98. The molecular weight excluding hydrogens is 510 g/mol. The van der Waals surface area contributed by atoms with Crippen molar-refractivity contribution < 1.29 is 9.47 Å². The number of aryl methyl sites for hydroxylation is 1. The maximum atomic E-state index is 6.57. The van der Waals surface area contributed by atoms with Gasteiger partial charge in [0.1, 0.15) is 5.75 Å². The molecule has 0 unspecified atom stereocenters. The van der Waals surface area contributed by atoms with Crippen LogP contribution >= 0.6 is 27.5 Å². The summed E-state index contributed by atoms with van der Waals surface area (Å²) in [5, 5.41) is 0.821. The van der Waals surface area contributed by atoms with E-state index < -0.39 is 0 Å². The zero-order chi connectivity index (χ0) is 24.3. The summed E-state index contributed by atoms with van der Waals surface area (Å²) in [4.78, 5) is 2.59. The summed E-state index contributed by atoms with van der Waals surface area (Å²) in [7, 11) is 1.80. The Morgan fingerprint density at radius 1 is 1.24 bits per heavy atom. The molecule has 3 nitrogen and oxygen atoms in total. The molecule has 34 heavy (non-hydrogen) atoms. The van der Waals surface area contributed by atoms with E-state index in [4.69, 9.17) is 21.1 Å². The largest absolute Gasteiger partial charge is 0.490 e. The first-order valence-electron chi connectivity index (χ1n) is 12.6. The number of hydrogen-bond acceptors (Lipinski definition) is 3. The number of ether oxygens (including phenoxy) is 2. The Morgan fingerprint density at radius 2 is 2.06 bits per heavy atom. The molecule has 0 amide bonds. The van der Waals surface area contributed by atoms with E-state index in [-0.39, 0.29) is 11.5 Å². The lowest BCUT2D eigenvalue weighted by Gasteiger charge is -2.42. The highest BCUT2D eigenvalue weighted by Gasteiger charge is 2.42. The van der Waals surface area contributed by atoms with Gasteiger partial charge in [-0.25, -0.2) is 0 Å². The van der Waals surface area contributed by atoms with E-state index in [0.717, 1.165) is 60.4 Å². The molecule has 0 radical (unpaired) electrons. The summed E-state index contributed by atoms with van der Waals surface area (Å²) >= 11 is 10.1. The molecule has 0 saturated heterocycles. The SMILES string of the molecule is C=C[C@H](OC)[C@H](CC)[C@@H](CC)CN1C[C@@]2(CCCc3cc(Cl)ccc32)COc2ccc(Br)cc21. The molecule has 0 aromatic heterocycles. The van der Waals surface area contributed by atoms with E-state index >= 15 is 0 Å². The smallest absolute Gasteiger partial charge is 0.142 e. The van der Waals surface area contributed by atoms with Crippen LogP contribution in [0.3, 0.4) is 0 Å². The van der Waals surface area contributed by atoms with Crippen molar-refractivity contribution in [2.75, 3.05) is 31.7 Å². The van der Waals surface area contributed by atoms with Gasteiger partial charge in [-0.1, -0.05) is 66.4 Å². The first-order valence-corrected chi connectivity index (χ1v) is 13.7. The fraction of sp³-hybridized carbons (Fsp3) is 0.517. The fourth-order valence-corrected chi connectivity index (χ4v) is 6.76. The molecule has 2 aromatic rings. The van der Waals surface area contributed by atoms with Crippen LogP contribution in [0.25, 0.3) is 0 Å². The first kappa shape index (κ1) is 25.6. The van der Waals surface area contributed by atoms with Gasteiger partial charge in [-0.3, -0.25) is 0 Å². The van der Waals surface area contributed by atoms with Crippen molar-refractivity contribution in [3.8, 4) is 5.75 Å². The zero-order valence-corrected chi connectivity index (χ0v) is 23.0. The van der Waals surface area contributed by atoms with Crippen molar-refractivity contribution in [1.29, 1.82) is 0 Å². The highest BCUT2D eigenvalue weighted by atomic mass is 79.9. The van der Waals surface area contributed by atoms with Crippen LogP contribution in [0.5, 0.6) is 5.75 Å². The van der Waals surface area contributed by atoms with Crippen LogP contribution in [0.1, 0.15) is 50.7 Å². The molecule has 0 bridgehead atoms. The third kappa shape index (κ3) is 5.05. The number of rotatable bonds is 8.